The van der Waals surface area contributed by atoms with Gasteiger partial charge in [0.2, 0.25) is 6.41 Å². The fraction of sp³-hybridized carbons (Fsp3) is 0.250. The molecule has 2 aromatic carbocycles. The van der Waals surface area contributed by atoms with E-state index in [1.165, 1.54) is 0 Å². The van der Waals surface area contributed by atoms with Crippen molar-refractivity contribution in [2.45, 2.75) is 19.8 Å². The standard InChI is InChI=1S/C20H20N2O3/c1-14-2-4-15(5-3-14)20(25)21-10-8-19(24)17-6-7-18-16(12-17)9-11-22(18)13-23/h2-7,12-13H,8-11H2,1H3,(H,21,25). The van der Waals surface area contributed by atoms with E-state index in [0.717, 1.165) is 29.6 Å². The maximum absolute atomic E-state index is 12.3. The molecule has 0 bridgehead atoms. The number of anilines is 1. The molecule has 0 saturated carbocycles. The van der Waals surface area contributed by atoms with Gasteiger partial charge in [-0.2, -0.15) is 0 Å². The average molecular weight is 336 g/mol. The van der Waals surface area contributed by atoms with Crippen molar-refractivity contribution in [3.05, 3.63) is 64.7 Å². The van der Waals surface area contributed by atoms with Gasteiger partial charge >= 0.3 is 0 Å². The van der Waals surface area contributed by atoms with Crippen LogP contribution in [0.4, 0.5) is 5.69 Å². The Labute approximate surface area is 146 Å². The third-order valence-electron chi connectivity index (χ3n) is 4.41. The largest absolute Gasteiger partial charge is 0.352 e. The third kappa shape index (κ3) is 3.76. The minimum atomic E-state index is -0.177. The molecular formula is C20H20N2O3. The summed E-state index contributed by atoms with van der Waals surface area (Å²) in [6.45, 7) is 2.91. The molecule has 2 aromatic rings. The predicted octanol–water partition coefficient (Wildman–Crippen LogP) is 2.52. The molecule has 25 heavy (non-hydrogen) atoms. The van der Waals surface area contributed by atoms with Gasteiger partial charge in [-0.15, -0.1) is 0 Å². The monoisotopic (exact) mass is 336 g/mol. The van der Waals surface area contributed by atoms with Crippen molar-refractivity contribution < 1.29 is 14.4 Å². The first-order valence-electron chi connectivity index (χ1n) is 8.31. The van der Waals surface area contributed by atoms with Crippen molar-refractivity contribution in [2.75, 3.05) is 18.0 Å². The van der Waals surface area contributed by atoms with Gasteiger partial charge in [0, 0.05) is 36.3 Å². The van der Waals surface area contributed by atoms with Crippen LogP contribution in [0.5, 0.6) is 0 Å². The molecule has 2 amide bonds. The Bertz CT molecular complexity index is 812. The highest BCUT2D eigenvalue weighted by atomic mass is 16.2. The van der Waals surface area contributed by atoms with Crippen LogP contribution in [0, 0.1) is 6.92 Å². The van der Waals surface area contributed by atoms with Gasteiger partial charge in [-0.3, -0.25) is 14.4 Å². The van der Waals surface area contributed by atoms with Crippen molar-refractivity contribution in [1.29, 1.82) is 0 Å². The normalized spacial score (nSPS) is 12.6. The molecular weight excluding hydrogens is 316 g/mol. The molecule has 3 rings (SSSR count). The Hall–Kier alpha value is -2.95. The van der Waals surface area contributed by atoms with Crippen LogP contribution in [0.1, 0.15) is 38.3 Å². The minimum Gasteiger partial charge on any atom is -0.352 e. The Morgan fingerprint density at radius 3 is 2.56 bits per heavy atom. The quantitative estimate of drug-likeness (QED) is 0.651. The number of ketones is 1. The van der Waals surface area contributed by atoms with Crippen LogP contribution in [0.3, 0.4) is 0 Å². The van der Waals surface area contributed by atoms with Crippen molar-refractivity contribution in [3.8, 4) is 0 Å². The lowest BCUT2D eigenvalue weighted by atomic mass is 10.0. The van der Waals surface area contributed by atoms with Gasteiger partial charge in [0.15, 0.2) is 5.78 Å². The molecule has 1 aliphatic rings. The Kier molecular flexibility index (Phi) is 4.93. The topological polar surface area (TPSA) is 66.5 Å². The smallest absolute Gasteiger partial charge is 0.251 e. The van der Waals surface area contributed by atoms with Crippen LogP contribution in [0.2, 0.25) is 0 Å². The zero-order valence-electron chi connectivity index (χ0n) is 14.1. The van der Waals surface area contributed by atoms with Gasteiger partial charge in [0.1, 0.15) is 0 Å². The van der Waals surface area contributed by atoms with Crippen molar-refractivity contribution in [2.24, 2.45) is 0 Å². The lowest BCUT2D eigenvalue weighted by molar-refractivity contribution is -0.107. The second-order valence-electron chi connectivity index (χ2n) is 6.19. The Morgan fingerprint density at radius 2 is 1.84 bits per heavy atom. The summed E-state index contributed by atoms with van der Waals surface area (Å²) in [5, 5.41) is 2.77. The molecule has 1 aliphatic heterocycles. The zero-order chi connectivity index (χ0) is 17.8. The average Bonchev–Trinajstić information content (AvgIpc) is 3.04. The number of hydrogen-bond donors (Lipinski definition) is 1. The van der Waals surface area contributed by atoms with Crippen LogP contribution in [-0.4, -0.2) is 31.2 Å². The minimum absolute atomic E-state index is 0.0171. The maximum atomic E-state index is 12.3. The van der Waals surface area contributed by atoms with Crippen molar-refractivity contribution >= 4 is 23.8 Å². The third-order valence-corrected chi connectivity index (χ3v) is 4.41. The van der Waals surface area contributed by atoms with Gasteiger partial charge in [-0.1, -0.05) is 17.7 Å². The second kappa shape index (κ2) is 7.30. The van der Waals surface area contributed by atoms with Gasteiger partial charge in [0.25, 0.3) is 5.91 Å². The summed E-state index contributed by atoms with van der Waals surface area (Å²) in [4.78, 5) is 37.0. The summed E-state index contributed by atoms with van der Waals surface area (Å²) in [5.74, 6) is -0.195. The number of carbonyl (C=O) groups excluding carboxylic acids is 3. The number of nitrogens with one attached hydrogen (secondary N) is 1. The van der Waals surface area contributed by atoms with Crippen LogP contribution >= 0.6 is 0 Å². The highest BCUT2D eigenvalue weighted by Crippen LogP contribution is 2.27. The van der Waals surface area contributed by atoms with Gasteiger partial charge in [-0.05, 0) is 49.2 Å². The maximum Gasteiger partial charge on any atom is 0.251 e. The summed E-state index contributed by atoms with van der Waals surface area (Å²) in [7, 11) is 0. The Morgan fingerprint density at radius 1 is 1.12 bits per heavy atom. The molecule has 0 unspecified atom stereocenters. The van der Waals surface area contributed by atoms with Crippen LogP contribution in [0.25, 0.3) is 0 Å². The van der Waals surface area contributed by atoms with E-state index in [9.17, 15) is 14.4 Å². The lowest BCUT2D eigenvalue weighted by Gasteiger charge is -2.10. The molecule has 0 saturated heterocycles. The molecule has 5 nitrogen and oxygen atoms in total. The van der Waals surface area contributed by atoms with Gasteiger partial charge < -0.3 is 10.2 Å². The summed E-state index contributed by atoms with van der Waals surface area (Å²) < 4.78 is 0. The van der Waals surface area contributed by atoms with Crippen LogP contribution < -0.4 is 10.2 Å². The number of carbonyl (C=O) groups is 3. The van der Waals surface area contributed by atoms with E-state index in [4.69, 9.17) is 0 Å². The molecule has 0 spiro atoms. The van der Waals surface area contributed by atoms with E-state index in [0.29, 0.717) is 24.2 Å². The second-order valence-corrected chi connectivity index (χ2v) is 6.19. The van der Waals surface area contributed by atoms with Crippen molar-refractivity contribution in [3.63, 3.8) is 0 Å². The van der Waals surface area contributed by atoms with E-state index in [-0.39, 0.29) is 18.1 Å². The van der Waals surface area contributed by atoms with E-state index < -0.39 is 0 Å². The lowest BCUT2D eigenvalue weighted by Crippen LogP contribution is -2.26. The summed E-state index contributed by atoms with van der Waals surface area (Å²) >= 11 is 0. The number of nitrogens with zero attached hydrogens (tertiary/aromatic N) is 1. The molecule has 0 fully saturated rings. The van der Waals surface area contributed by atoms with Crippen LogP contribution in [-0.2, 0) is 11.2 Å². The number of rotatable bonds is 6. The summed E-state index contributed by atoms with van der Waals surface area (Å²) in [6.07, 6.45) is 1.82. The van der Waals surface area contributed by atoms with E-state index >= 15 is 0 Å². The van der Waals surface area contributed by atoms with E-state index in [1.807, 2.05) is 31.2 Å². The first-order chi connectivity index (χ1) is 12.1. The number of hydrogen-bond acceptors (Lipinski definition) is 3. The van der Waals surface area contributed by atoms with E-state index in [2.05, 4.69) is 5.32 Å². The zero-order valence-corrected chi connectivity index (χ0v) is 14.1. The SMILES string of the molecule is Cc1ccc(C(=O)NCCC(=O)c2ccc3c(c2)CCN3C=O)cc1. The fourth-order valence-corrected chi connectivity index (χ4v) is 2.95. The molecule has 0 atom stereocenters. The van der Waals surface area contributed by atoms with Gasteiger partial charge in [0.05, 0.1) is 0 Å². The molecule has 0 aromatic heterocycles. The number of fused-ring (bicyclic) bond motifs is 1. The van der Waals surface area contributed by atoms with E-state index in [1.54, 1.807) is 23.1 Å². The highest BCUT2D eigenvalue weighted by Gasteiger charge is 2.19. The Balaban J connectivity index is 1.55. The fourth-order valence-electron chi connectivity index (χ4n) is 2.95. The summed E-state index contributed by atoms with van der Waals surface area (Å²) in [5.41, 5.74) is 4.19. The first-order valence-corrected chi connectivity index (χ1v) is 8.31. The van der Waals surface area contributed by atoms with Crippen LogP contribution in [0.15, 0.2) is 42.5 Å². The van der Waals surface area contributed by atoms with Gasteiger partial charge in [-0.25, -0.2) is 0 Å². The molecule has 0 radical (unpaired) electrons. The number of benzene rings is 2. The molecule has 5 heteroatoms. The first kappa shape index (κ1) is 16.9. The molecule has 1 N–H and O–H groups in total. The molecule has 128 valence electrons. The predicted molar refractivity (Wildman–Crippen MR) is 96.0 cm³/mol. The number of aryl methyl sites for hydroxylation is 1. The highest BCUT2D eigenvalue weighted by molar-refractivity contribution is 5.98. The molecule has 1 heterocycles. The molecule has 0 aliphatic carbocycles. The summed E-state index contributed by atoms with van der Waals surface area (Å²) in [6, 6.07) is 12.7. The number of amides is 2. The number of Topliss-reactive ketones (excluding diaryl/α,β-unsaturated/α-hetero) is 1. The van der Waals surface area contributed by atoms with Crippen molar-refractivity contribution in [1.82, 2.24) is 5.32 Å².